The van der Waals surface area contributed by atoms with E-state index in [2.05, 4.69) is 27.9 Å². The smallest absolute Gasteiger partial charge is 0.133 e. The number of rotatable bonds is 3. The summed E-state index contributed by atoms with van der Waals surface area (Å²) in [5.74, 6) is 3.62. The van der Waals surface area contributed by atoms with E-state index >= 15 is 0 Å². The fraction of sp³-hybridized carbons (Fsp3) is 0.500. The Morgan fingerprint density at radius 1 is 1.29 bits per heavy atom. The van der Waals surface area contributed by atoms with Crippen LogP contribution in [0.4, 0.5) is 5.82 Å². The first-order chi connectivity index (χ1) is 10.2. The molecule has 1 atom stereocenters. The van der Waals surface area contributed by atoms with Crippen LogP contribution in [0.15, 0.2) is 22.6 Å². The molecule has 0 N–H and O–H groups in total. The van der Waals surface area contributed by atoms with Crippen molar-refractivity contribution < 1.29 is 9.15 Å². The van der Waals surface area contributed by atoms with Crippen LogP contribution in [-0.2, 0) is 11.2 Å². The minimum atomic E-state index is 0.0754. The maximum atomic E-state index is 5.80. The van der Waals surface area contributed by atoms with Crippen LogP contribution in [0.3, 0.4) is 0 Å². The zero-order valence-electron chi connectivity index (χ0n) is 12.8. The minimum absolute atomic E-state index is 0.0754. The fourth-order valence-corrected chi connectivity index (χ4v) is 2.69. The number of aryl methyl sites for hydroxylation is 3. The number of anilines is 1. The van der Waals surface area contributed by atoms with Gasteiger partial charge in [0.1, 0.15) is 29.2 Å². The van der Waals surface area contributed by atoms with Crippen molar-refractivity contribution in [3.63, 3.8) is 0 Å². The number of hydrogen-bond acceptors (Lipinski definition) is 5. The van der Waals surface area contributed by atoms with Gasteiger partial charge in [-0.3, -0.25) is 0 Å². The Morgan fingerprint density at radius 3 is 2.86 bits per heavy atom. The summed E-state index contributed by atoms with van der Waals surface area (Å²) >= 11 is 0. The summed E-state index contributed by atoms with van der Waals surface area (Å²) in [6, 6.07) is 6.16. The van der Waals surface area contributed by atoms with Crippen LogP contribution in [0.1, 0.15) is 36.0 Å². The summed E-state index contributed by atoms with van der Waals surface area (Å²) in [7, 11) is 0. The zero-order chi connectivity index (χ0) is 14.8. The van der Waals surface area contributed by atoms with Crippen LogP contribution in [0.5, 0.6) is 0 Å². The molecule has 1 saturated heterocycles. The highest BCUT2D eigenvalue weighted by atomic mass is 16.5. The molecule has 1 fully saturated rings. The number of morpholine rings is 1. The third-order valence-corrected chi connectivity index (χ3v) is 3.75. The Hall–Kier alpha value is -1.88. The average Bonchev–Trinajstić information content (AvgIpc) is 2.93. The third kappa shape index (κ3) is 2.93. The maximum absolute atomic E-state index is 5.80. The summed E-state index contributed by atoms with van der Waals surface area (Å²) in [5.41, 5.74) is 1.07. The van der Waals surface area contributed by atoms with Crippen molar-refractivity contribution in [2.24, 2.45) is 0 Å². The van der Waals surface area contributed by atoms with Crippen LogP contribution in [0, 0.1) is 13.8 Å². The molecule has 5 heteroatoms. The molecule has 3 heterocycles. The first-order valence-corrected chi connectivity index (χ1v) is 7.42. The quantitative estimate of drug-likeness (QED) is 0.869. The molecule has 5 nitrogen and oxygen atoms in total. The predicted octanol–water partition coefficient (Wildman–Crippen LogP) is 2.83. The SMILES string of the molecule is CCc1cc(N2CCOCC2c2ccc(C)o2)nc(C)n1. The monoisotopic (exact) mass is 287 g/mol. The van der Waals surface area contributed by atoms with Crippen LogP contribution >= 0.6 is 0 Å². The summed E-state index contributed by atoms with van der Waals surface area (Å²) < 4.78 is 11.4. The van der Waals surface area contributed by atoms with E-state index in [4.69, 9.17) is 9.15 Å². The van der Waals surface area contributed by atoms with Gasteiger partial charge in [0.2, 0.25) is 0 Å². The lowest BCUT2D eigenvalue weighted by atomic mass is 10.1. The molecule has 0 aliphatic carbocycles. The molecular weight excluding hydrogens is 266 g/mol. The standard InChI is InChI=1S/C16H21N3O2/c1-4-13-9-16(18-12(3)17-13)19-7-8-20-10-14(19)15-6-5-11(2)21-15/h5-6,9,14H,4,7-8,10H2,1-3H3. The lowest BCUT2D eigenvalue weighted by molar-refractivity contribution is 0.0870. The third-order valence-electron chi connectivity index (χ3n) is 3.75. The van der Waals surface area contributed by atoms with Crippen molar-refractivity contribution in [3.8, 4) is 0 Å². The lowest BCUT2D eigenvalue weighted by Crippen LogP contribution is -2.40. The van der Waals surface area contributed by atoms with E-state index in [1.165, 1.54) is 0 Å². The second-order valence-corrected chi connectivity index (χ2v) is 5.35. The Labute approximate surface area is 125 Å². The summed E-state index contributed by atoms with van der Waals surface area (Å²) in [6.07, 6.45) is 0.908. The van der Waals surface area contributed by atoms with Crippen molar-refractivity contribution in [2.75, 3.05) is 24.7 Å². The molecule has 2 aromatic rings. The van der Waals surface area contributed by atoms with Crippen molar-refractivity contribution in [2.45, 2.75) is 33.2 Å². The largest absolute Gasteiger partial charge is 0.464 e. The normalized spacial score (nSPS) is 19.0. The molecule has 3 rings (SSSR count). The number of hydrogen-bond donors (Lipinski definition) is 0. The predicted molar refractivity (Wildman–Crippen MR) is 80.5 cm³/mol. The van der Waals surface area contributed by atoms with Gasteiger partial charge in [0.25, 0.3) is 0 Å². The van der Waals surface area contributed by atoms with Gasteiger partial charge in [-0.1, -0.05) is 6.92 Å². The molecule has 21 heavy (non-hydrogen) atoms. The van der Waals surface area contributed by atoms with Crippen LogP contribution in [-0.4, -0.2) is 29.7 Å². The van der Waals surface area contributed by atoms with Crippen LogP contribution in [0.2, 0.25) is 0 Å². The van der Waals surface area contributed by atoms with Gasteiger partial charge in [0, 0.05) is 18.3 Å². The van der Waals surface area contributed by atoms with Crippen molar-refractivity contribution in [1.82, 2.24) is 9.97 Å². The number of aromatic nitrogens is 2. The van der Waals surface area contributed by atoms with Crippen LogP contribution < -0.4 is 4.90 Å². The van der Waals surface area contributed by atoms with Crippen molar-refractivity contribution in [3.05, 3.63) is 41.2 Å². The average molecular weight is 287 g/mol. The summed E-state index contributed by atoms with van der Waals surface area (Å²) in [4.78, 5) is 11.3. The Morgan fingerprint density at radius 2 is 2.14 bits per heavy atom. The zero-order valence-corrected chi connectivity index (χ0v) is 12.8. The summed E-state index contributed by atoms with van der Waals surface area (Å²) in [5, 5.41) is 0. The molecule has 0 spiro atoms. The minimum Gasteiger partial charge on any atom is -0.464 e. The Bertz CT molecular complexity index is 624. The van der Waals surface area contributed by atoms with Gasteiger partial charge in [-0.05, 0) is 32.4 Å². The van der Waals surface area contributed by atoms with Gasteiger partial charge in [-0.2, -0.15) is 0 Å². The van der Waals surface area contributed by atoms with E-state index in [0.717, 1.165) is 41.8 Å². The highest BCUT2D eigenvalue weighted by Gasteiger charge is 2.28. The summed E-state index contributed by atoms with van der Waals surface area (Å²) in [6.45, 7) is 8.15. The fourth-order valence-electron chi connectivity index (χ4n) is 2.69. The molecule has 0 radical (unpaired) electrons. The molecule has 2 aromatic heterocycles. The van der Waals surface area contributed by atoms with E-state index in [9.17, 15) is 0 Å². The molecule has 0 aromatic carbocycles. The molecule has 1 unspecified atom stereocenters. The highest BCUT2D eigenvalue weighted by molar-refractivity contribution is 5.43. The Kier molecular flexibility index (Phi) is 3.92. The number of nitrogens with zero attached hydrogens (tertiary/aromatic N) is 3. The molecule has 112 valence electrons. The van der Waals surface area contributed by atoms with Gasteiger partial charge in [-0.15, -0.1) is 0 Å². The van der Waals surface area contributed by atoms with Gasteiger partial charge in [0.05, 0.1) is 13.2 Å². The number of furan rings is 1. The van der Waals surface area contributed by atoms with E-state index in [-0.39, 0.29) is 6.04 Å². The van der Waals surface area contributed by atoms with Gasteiger partial charge < -0.3 is 14.1 Å². The molecule has 1 aliphatic heterocycles. The van der Waals surface area contributed by atoms with E-state index in [1.807, 2.05) is 26.0 Å². The number of ether oxygens (including phenoxy) is 1. The lowest BCUT2D eigenvalue weighted by Gasteiger charge is -2.35. The van der Waals surface area contributed by atoms with E-state index < -0.39 is 0 Å². The Balaban J connectivity index is 1.95. The van der Waals surface area contributed by atoms with Crippen molar-refractivity contribution >= 4 is 5.82 Å². The maximum Gasteiger partial charge on any atom is 0.133 e. The van der Waals surface area contributed by atoms with Crippen molar-refractivity contribution in [1.29, 1.82) is 0 Å². The topological polar surface area (TPSA) is 51.4 Å². The molecule has 1 aliphatic rings. The van der Waals surface area contributed by atoms with Crippen LogP contribution in [0.25, 0.3) is 0 Å². The first kappa shape index (κ1) is 14.1. The molecule has 0 amide bonds. The molecule has 0 saturated carbocycles. The highest BCUT2D eigenvalue weighted by Crippen LogP contribution is 2.30. The first-order valence-electron chi connectivity index (χ1n) is 7.42. The second kappa shape index (κ2) is 5.85. The van der Waals surface area contributed by atoms with E-state index in [0.29, 0.717) is 13.2 Å². The van der Waals surface area contributed by atoms with Gasteiger partial charge in [-0.25, -0.2) is 9.97 Å². The molecule has 0 bridgehead atoms. The van der Waals surface area contributed by atoms with Gasteiger partial charge >= 0.3 is 0 Å². The second-order valence-electron chi connectivity index (χ2n) is 5.35. The molecular formula is C16H21N3O2. The van der Waals surface area contributed by atoms with Gasteiger partial charge in [0.15, 0.2) is 0 Å². The van der Waals surface area contributed by atoms with E-state index in [1.54, 1.807) is 0 Å².